The molecule has 1 aliphatic heterocycles. The van der Waals surface area contributed by atoms with E-state index in [4.69, 9.17) is 9.73 Å². The molecule has 1 saturated heterocycles. The van der Waals surface area contributed by atoms with Crippen molar-refractivity contribution in [3.8, 4) is 0 Å². The predicted molar refractivity (Wildman–Crippen MR) is 115 cm³/mol. The highest BCUT2D eigenvalue weighted by Gasteiger charge is 2.29. The number of guanidine groups is 1. The Hall–Kier alpha value is -0.0800. The van der Waals surface area contributed by atoms with E-state index in [1.165, 1.54) is 0 Å². The zero-order valence-corrected chi connectivity index (χ0v) is 18.9. The molecule has 1 heterocycles. The van der Waals surface area contributed by atoms with Crippen LogP contribution in [-0.4, -0.2) is 61.3 Å². The molecule has 24 heavy (non-hydrogen) atoms. The Kier molecular flexibility index (Phi) is 12.3. The smallest absolute Gasteiger partial charge is 0.191 e. The minimum atomic E-state index is -0.0750. The second-order valence-corrected chi connectivity index (χ2v) is 7.30. The molecule has 144 valence electrons. The van der Waals surface area contributed by atoms with Crippen LogP contribution in [0.5, 0.6) is 0 Å². The van der Waals surface area contributed by atoms with Crippen LogP contribution in [0.3, 0.4) is 0 Å². The number of nitrogens with one attached hydrogen (secondary N) is 2. The number of hydrogen-bond donors (Lipinski definition) is 2. The van der Waals surface area contributed by atoms with E-state index in [0.717, 1.165) is 58.0 Å². The van der Waals surface area contributed by atoms with Gasteiger partial charge in [0.1, 0.15) is 0 Å². The van der Waals surface area contributed by atoms with Crippen LogP contribution in [-0.2, 0) is 4.74 Å². The average molecular weight is 454 g/mol. The Labute approximate surface area is 166 Å². The first-order chi connectivity index (χ1) is 10.9. The molecule has 0 spiro atoms. The van der Waals surface area contributed by atoms with Crippen LogP contribution >= 0.6 is 24.0 Å². The molecular weight excluding hydrogens is 415 g/mol. The second-order valence-electron chi connectivity index (χ2n) is 7.30. The summed E-state index contributed by atoms with van der Waals surface area (Å²) in [6.07, 6.45) is 3.37. The summed E-state index contributed by atoms with van der Waals surface area (Å²) in [7, 11) is 0. The van der Waals surface area contributed by atoms with Crippen molar-refractivity contribution in [1.82, 2.24) is 15.5 Å². The van der Waals surface area contributed by atoms with Gasteiger partial charge in [0.2, 0.25) is 0 Å². The molecule has 0 aromatic heterocycles. The third-order valence-electron chi connectivity index (χ3n) is 4.43. The van der Waals surface area contributed by atoms with Crippen molar-refractivity contribution in [2.24, 2.45) is 4.99 Å². The van der Waals surface area contributed by atoms with Crippen molar-refractivity contribution in [3.05, 3.63) is 0 Å². The summed E-state index contributed by atoms with van der Waals surface area (Å²) in [4.78, 5) is 7.24. The van der Waals surface area contributed by atoms with Crippen molar-refractivity contribution in [2.45, 2.75) is 78.5 Å². The minimum absolute atomic E-state index is 0. The van der Waals surface area contributed by atoms with Crippen molar-refractivity contribution in [2.75, 3.05) is 32.8 Å². The molecule has 0 saturated carbocycles. The molecule has 2 N–H and O–H groups in total. The van der Waals surface area contributed by atoms with Gasteiger partial charge < -0.3 is 15.4 Å². The quantitative estimate of drug-likeness (QED) is 0.243. The summed E-state index contributed by atoms with van der Waals surface area (Å²) in [6.45, 7) is 17.9. The molecule has 1 unspecified atom stereocenters. The zero-order valence-electron chi connectivity index (χ0n) is 16.5. The Bertz CT molecular complexity index is 347. The number of halogens is 1. The van der Waals surface area contributed by atoms with Gasteiger partial charge in [-0.1, -0.05) is 0 Å². The topological polar surface area (TPSA) is 48.9 Å². The number of ether oxygens (including phenoxy) is 1. The lowest BCUT2D eigenvalue weighted by molar-refractivity contribution is 0.0283. The third-order valence-corrected chi connectivity index (χ3v) is 4.43. The summed E-state index contributed by atoms with van der Waals surface area (Å²) in [5, 5.41) is 6.78. The average Bonchev–Trinajstić information content (AvgIpc) is 2.90. The van der Waals surface area contributed by atoms with Crippen molar-refractivity contribution in [3.63, 3.8) is 0 Å². The Morgan fingerprint density at radius 1 is 1.21 bits per heavy atom. The molecule has 0 radical (unpaired) electrons. The fourth-order valence-electron chi connectivity index (χ4n) is 3.13. The van der Waals surface area contributed by atoms with Crippen molar-refractivity contribution in [1.29, 1.82) is 0 Å². The van der Waals surface area contributed by atoms with E-state index in [9.17, 15) is 0 Å². The maximum Gasteiger partial charge on any atom is 0.191 e. The van der Waals surface area contributed by atoms with Crippen LogP contribution in [0, 0.1) is 0 Å². The van der Waals surface area contributed by atoms with Gasteiger partial charge >= 0.3 is 0 Å². The summed E-state index contributed by atoms with van der Waals surface area (Å²) >= 11 is 0. The molecule has 0 aliphatic carbocycles. The van der Waals surface area contributed by atoms with E-state index in [1.54, 1.807) is 0 Å². The number of aliphatic imine (C=N–C) groups is 1. The van der Waals surface area contributed by atoms with Crippen LogP contribution in [0.4, 0.5) is 0 Å². The maximum absolute atomic E-state index is 5.81. The van der Waals surface area contributed by atoms with E-state index in [-0.39, 0.29) is 29.6 Å². The molecule has 1 atom stereocenters. The Balaban J connectivity index is 0.00000529. The van der Waals surface area contributed by atoms with E-state index < -0.39 is 0 Å². The lowest BCUT2D eigenvalue weighted by Gasteiger charge is -2.30. The van der Waals surface area contributed by atoms with Gasteiger partial charge in [-0.3, -0.25) is 9.89 Å². The molecule has 1 fully saturated rings. The lowest BCUT2D eigenvalue weighted by Crippen LogP contribution is -2.42. The fourth-order valence-corrected chi connectivity index (χ4v) is 3.13. The van der Waals surface area contributed by atoms with Gasteiger partial charge in [-0.2, -0.15) is 0 Å². The predicted octanol–water partition coefficient (Wildman–Crippen LogP) is 3.24. The highest BCUT2D eigenvalue weighted by molar-refractivity contribution is 14.0. The third kappa shape index (κ3) is 8.85. The number of hydrogen-bond acceptors (Lipinski definition) is 3. The standard InChI is InChI=1S/C18H38N4O.HI/c1-7-19-17(21-14-18(6)10-8-13-23-18)20-11-9-12-22(15(2)3)16(4)5;/h15-16H,7-14H2,1-6H3,(H2,19,20,21);1H. The summed E-state index contributed by atoms with van der Waals surface area (Å²) < 4.78 is 5.81. The van der Waals surface area contributed by atoms with Gasteiger partial charge in [0.25, 0.3) is 0 Å². The Morgan fingerprint density at radius 2 is 1.88 bits per heavy atom. The molecule has 0 bridgehead atoms. The normalized spacial score (nSPS) is 21.5. The molecule has 0 amide bonds. The lowest BCUT2D eigenvalue weighted by atomic mass is 10.0. The van der Waals surface area contributed by atoms with Gasteiger partial charge in [0, 0.05) is 38.3 Å². The van der Waals surface area contributed by atoms with E-state index in [2.05, 4.69) is 57.1 Å². The molecule has 5 nitrogen and oxygen atoms in total. The van der Waals surface area contributed by atoms with Gasteiger partial charge in [-0.25, -0.2) is 0 Å². The second kappa shape index (κ2) is 12.3. The van der Waals surface area contributed by atoms with Crippen LogP contribution in [0.2, 0.25) is 0 Å². The largest absolute Gasteiger partial charge is 0.373 e. The first-order valence-electron chi connectivity index (χ1n) is 9.30. The van der Waals surface area contributed by atoms with Crippen LogP contribution in [0.15, 0.2) is 4.99 Å². The van der Waals surface area contributed by atoms with E-state index in [1.807, 2.05) is 0 Å². The molecule has 6 heteroatoms. The van der Waals surface area contributed by atoms with Gasteiger partial charge in [-0.05, 0) is 60.8 Å². The summed E-state index contributed by atoms with van der Waals surface area (Å²) in [5.41, 5.74) is -0.0750. The van der Waals surface area contributed by atoms with Gasteiger partial charge in [0.15, 0.2) is 5.96 Å². The summed E-state index contributed by atoms with van der Waals surface area (Å²) in [5.74, 6) is 0.907. The molecule has 1 aliphatic rings. The maximum atomic E-state index is 5.81. The zero-order chi connectivity index (χ0) is 17.3. The van der Waals surface area contributed by atoms with Crippen LogP contribution in [0.25, 0.3) is 0 Å². The highest BCUT2D eigenvalue weighted by atomic mass is 127. The van der Waals surface area contributed by atoms with E-state index >= 15 is 0 Å². The summed E-state index contributed by atoms with van der Waals surface area (Å²) in [6, 6.07) is 1.19. The minimum Gasteiger partial charge on any atom is -0.373 e. The van der Waals surface area contributed by atoms with Crippen molar-refractivity contribution < 1.29 is 4.74 Å². The van der Waals surface area contributed by atoms with E-state index in [0.29, 0.717) is 12.1 Å². The van der Waals surface area contributed by atoms with Crippen LogP contribution < -0.4 is 10.6 Å². The number of nitrogens with zero attached hydrogens (tertiary/aromatic N) is 2. The Morgan fingerprint density at radius 3 is 2.38 bits per heavy atom. The fraction of sp³-hybridized carbons (Fsp3) is 0.944. The first kappa shape index (κ1) is 23.9. The number of rotatable bonds is 9. The molecule has 1 rings (SSSR count). The highest BCUT2D eigenvalue weighted by Crippen LogP contribution is 2.24. The van der Waals surface area contributed by atoms with Crippen LogP contribution in [0.1, 0.15) is 60.8 Å². The SMILES string of the molecule is CCNC(=NCC1(C)CCCO1)NCCCN(C(C)C)C(C)C.I. The molecular formula is C18H39IN4O. The molecule has 0 aromatic carbocycles. The molecule has 0 aromatic rings. The van der Waals surface area contributed by atoms with Gasteiger partial charge in [0.05, 0.1) is 12.1 Å². The van der Waals surface area contributed by atoms with Gasteiger partial charge in [-0.15, -0.1) is 24.0 Å². The van der Waals surface area contributed by atoms with Crippen molar-refractivity contribution >= 4 is 29.9 Å². The first-order valence-corrected chi connectivity index (χ1v) is 9.30. The monoisotopic (exact) mass is 454 g/mol.